The van der Waals surface area contributed by atoms with Crippen LogP contribution in [0.15, 0.2) is 0 Å². The molecule has 1 aliphatic rings. The number of carbonyl (C=O) groups excluding carboxylic acids is 1. The van der Waals surface area contributed by atoms with Crippen LogP contribution in [0.2, 0.25) is 0 Å². The molecule has 1 aliphatic heterocycles. The number of esters is 1. The summed E-state index contributed by atoms with van der Waals surface area (Å²) in [7, 11) is 0. The Labute approximate surface area is 54.1 Å². The predicted octanol–water partition coefficient (Wildman–Crippen LogP) is 0.0212. The van der Waals surface area contributed by atoms with Crippen LogP contribution in [0.1, 0.15) is 0 Å². The molecule has 0 aliphatic carbocycles. The molecule has 1 N–H and O–H groups in total. The fourth-order valence-corrected chi connectivity index (χ4v) is 0.573. The maximum Gasteiger partial charge on any atom is 0.439 e. The van der Waals surface area contributed by atoms with Gasteiger partial charge in [-0.3, -0.25) is 10.1 Å². The molecule has 0 aromatic heterocycles. The van der Waals surface area contributed by atoms with E-state index in [2.05, 4.69) is 4.74 Å². The molecule has 1 rings (SSSR count). The average molecular weight is 155 g/mol. The molecule has 0 aromatic carbocycles. The summed E-state index contributed by atoms with van der Waals surface area (Å²) in [6.45, 7) is -0.371. The molecule has 0 bridgehead atoms. The highest BCUT2D eigenvalue weighted by Crippen LogP contribution is 2.22. The number of alkyl halides is 3. The first-order chi connectivity index (χ1) is 4.50. The second-order valence-corrected chi connectivity index (χ2v) is 1.79. The maximum absolute atomic E-state index is 11.6. The van der Waals surface area contributed by atoms with Crippen LogP contribution >= 0.6 is 0 Å². The number of cyclic esters (lactones) is 1. The zero-order valence-corrected chi connectivity index (χ0v) is 4.73. The fraction of sp³-hybridized carbons (Fsp3) is 0.750. The summed E-state index contributed by atoms with van der Waals surface area (Å²) in [6, 6.07) is 0. The van der Waals surface area contributed by atoms with Crippen molar-refractivity contribution in [2.45, 2.75) is 12.4 Å². The molecule has 0 radical (unpaired) electrons. The van der Waals surface area contributed by atoms with E-state index in [1.807, 2.05) is 5.32 Å². The predicted molar refractivity (Wildman–Crippen MR) is 23.9 cm³/mol. The average Bonchev–Trinajstić information content (AvgIpc) is 2.11. The van der Waals surface area contributed by atoms with Gasteiger partial charge in [0.05, 0.1) is 6.54 Å². The summed E-state index contributed by atoms with van der Waals surface area (Å²) >= 11 is 0. The molecule has 10 heavy (non-hydrogen) atoms. The van der Waals surface area contributed by atoms with Crippen molar-refractivity contribution in [2.24, 2.45) is 0 Å². The molecule has 1 fully saturated rings. The number of hydrogen-bond donors (Lipinski definition) is 1. The minimum absolute atomic E-state index is 0.371. The Balaban J connectivity index is 2.53. The molecule has 0 saturated carbocycles. The zero-order valence-electron chi connectivity index (χ0n) is 4.73. The normalized spacial score (nSPS) is 26.7. The van der Waals surface area contributed by atoms with Gasteiger partial charge in [0.1, 0.15) is 0 Å². The summed E-state index contributed by atoms with van der Waals surface area (Å²) in [4.78, 5) is 10.1. The highest BCUT2D eigenvalue weighted by Gasteiger charge is 2.45. The lowest BCUT2D eigenvalue weighted by Crippen LogP contribution is -2.38. The van der Waals surface area contributed by atoms with E-state index in [4.69, 9.17) is 0 Å². The first-order valence-electron chi connectivity index (χ1n) is 2.50. The summed E-state index contributed by atoms with van der Waals surface area (Å²) < 4.78 is 38.6. The van der Waals surface area contributed by atoms with E-state index in [-0.39, 0.29) is 6.54 Å². The minimum Gasteiger partial charge on any atom is -0.436 e. The zero-order chi connectivity index (χ0) is 7.78. The summed E-state index contributed by atoms with van der Waals surface area (Å²) in [5.74, 6) is -0.873. The van der Waals surface area contributed by atoms with Gasteiger partial charge in [0.25, 0.3) is 0 Å². The third kappa shape index (κ3) is 1.38. The fourth-order valence-electron chi connectivity index (χ4n) is 0.573. The summed E-state index contributed by atoms with van der Waals surface area (Å²) in [6.07, 6.45) is -6.60. The van der Waals surface area contributed by atoms with Gasteiger partial charge in [-0.2, -0.15) is 13.2 Å². The number of nitrogens with one attached hydrogen (secondary N) is 1. The van der Waals surface area contributed by atoms with Gasteiger partial charge in [0, 0.05) is 0 Å². The SMILES string of the molecule is O=C1CNC(C(F)(F)F)O1. The number of rotatable bonds is 0. The van der Waals surface area contributed by atoms with Crippen molar-refractivity contribution in [3.05, 3.63) is 0 Å². The van der Waals surface area contributed by atoms with Crippen LogP contribution < -0.4 is 5.32 Å². The lowest BCUT2D eigenvalue weighted by atomic mass is 10.6. The number of hydrogen-bond acceptors (Lipinski definition) is 3. The van der Waals surface area contributed by atoms with Crippen molar-refractivity contribution >= 4 is 5.97 Å². The van der Waals surface area contributed by atoms with E-state index in [0.29, 0.717) is 0 Å². The van der Waals surface area contributed by atoms with E-state index in [9.17, 15) is 18.0 Å². The smallest absolute Gasteiger partial charge is 0.436 e. The van der Waals surface area contributed by atoms with Crippen LogP contribution in [0.25, 0.3) is 0 Å². The molecule has 0 spiro atoms. The lowest BCUT2D eigenvalue weighted by molar-refractivity contribution is -0.214. The number of carbonyl (C=O) groups is 1. The molecule has 1 heterocycles. The van der Waals surface area contributed by atoms with Crippen molar-refractivity contribution in [3.63, 3.8) is 0 Å². The van der Waals surface area contributed by atoms with Crippen LogP contribution in [-0.4, -0.2) is 24.9 Å². The molecular weight excluding hydrogens is 151 g/mol. The first-order valence-corrected chi connectivity index (χ1v) is 2.50. The molecule has 0 amide bonds. The van der Waals surface area contributed by atoms with Crippen LogP contribution in [0.3, 0.4) is 0 Å². The maximum atomic E-state index is 11.6. The van der Waals surface area contributed by atoms with E-state index in [1.165, 1.54) is 0 Å². The van der Waals surface area contributed by atoms with Gasteiger partial charge in [0.15, 0.2) is 0 Å². The van der Waals surface area contributed by atoms with E-state index < -0.39 is 18.4 Å². The minimum atomic E-state index is -4.49. The Kier molecular flexibility index (Phi) is 1.55. The second-order valence-electron chi connectivity index (χ2n) is 1.79. The van der Waals surface area contributed by atoms with Gasteiger partial charge >= 0.3 is 12.1 Å². The van der Waals surface area contributed by atoms with Crippen LogP contribution in [0, 0.1) is 0 Å². The van der Waals surface area contributed by atoms with Crippen LogP contribution in [0.4, 0.5) is 13.2 Å². The lowest BCUT2D eigenvalue weighted by Gasteiger charge is -2.12. The summed E-state index contributed by atoms with van der Waals surface area (Å²) in [5, 5.41) is 1.85. The van der Waals surface area contributed by atoms with E-state index >= 15 is 0 Å². The Bertz CT molecular complexity index is 155. The monoisotopic (exact) mass is 155 g/mol. The molecule has 3 nitrogen and oxygen atoms in total. The van der Waals surface area contributed by atoms with Crippen molar-refractivity contribution in [1.29, 1.82) is 0 Å². The van der Waals surface area contributed by atoms with Crippen molar-refractivity contribution in [3.8, 4) is 0 Å². The molecule has 6 heteroatoms. The standard InChI is InChI=1S/C4H4F3NO2/c5-4(6,7)3-8-1-2(9)10-3/h3,8H,1H2. The Morgan fingerprint density at radius 2 is 2.20 bits per heavy atom. The van der Waals surface area contributed by atoms with Crippen molar-refractivity contribution < 1.29 is 22.7 Å². The van der Waals surface area contributed by atoms with E-state index in [0.717, 1.165) is 0 Å². The number of ether oxygens (including phenoxy) is 1. The number of halogens is 3. The third-order valence-electron chi connectivity index (χ3n) is 0.978. The highest BCUT2D eigenvalue weighted by atomic mass is 19.4. The largest absolute Gasteiger partial charge is 0.439 e. The molecular formula is C4H4F3NO2. The van der Waals surface area contributed by atoms with Gasteiger partial charge < -0.3 is 4.74 Å². The summed E-state index contributed by atoms with van der Waals surface area (Å²) in [5.41, 5.74) is 0. The Hall–Kier alpha value is -0.780. The molecule has 1 atom stereocenters. The Morgan fingerprint density at radius 1 is 1.60 bits per heavy atom. The molecule has 1 unspecified atom stereocenters. The van der Waals surface area contributed by atoms with Gasteiger partial charge in [-0.05, 0) is 0 Å². The topological polar surface area (TPSA) is 38.3 Å². The third-order valence-corrected chi connectivity index (χ3v) is 0.978. The van der Waals surface area contributed by atoms with Gasteiger partial charge in [-0.15, -0.1) is 0 Å². The van der Waals surface area contributed by atoms with E-state index in [1.54, 1.807) is 0 Å². The Morgan fingerprint density at radius 3 is 2.40 bits per heavy atom. The van der Waals surface area contributed by atoms with Crippen molar-refractivity contribution in [2.75, 3.05) is 6.54 Å². The van der Waals surface area contributed by atoms with Crippen molar-refractivity contribution in [1.82, 2.24) is 5.32 Å². The highest BCUT2D eigenvalue weighted by molar-refractivity contribution is 5.73. The van der Waals surface area contributed by atoms with Crippen LogP contribution in [0.5, 0.6) is 0 Å². The molecule has 1 saturated heterocycles. The quantitative estimate of drug-likeness (QED) is 0.501. The van der Waals surface area contributed by atoms with Gasteiger partial charge in [0.2, 0.25) is 6.23 Å². The van der Waals surface area contributed by atoms with Crippen LogP contribution in [-0.2, 0) is 9.53 Å². The first kappa shape index (κ1) is 7.33. The van der Waals surface area contributed by atoms with Gasteiger partial charge in [-0.1, -0.05) is 0 Å². The molecule has 0 aromatic rings. The van der Waals surface area contributed by atoms with Gasteiger partial charge in [-0.25, -0.2) is 0 Å². The molecule has 58 valence electrons. The second kappa shape index (κ2) is 2.12.